The molecule has 0 N–H and O–H groups in total. The van der Waals surface area contributed by atoms with Crippen molar-refractivity contribution >= 4 is 23.4 Å². The molecule has 0 atom stereocenters. The molecule has 0 bridgehead atoms. The number of aryl methyl sites for hydroxylation is 2. The molecule has 1 aromatic carbocycles. The lowest BCUT2D eigenvalue weighted by Gasteiger charge is -2.28. The first-order chi connectivity index (χ1) is 11.8. The van der Waals surface area contributed by atoms with E-state index in [4.69, 9.17) is 11.6 Å². The molecular weight excluding hydrogens is 407 g/mol. The predicted octanol–water partition coefficient (Wildman–Crippen LogP) is 6.90. The van der Waals surface area contributed by atoms with Gasteiger partial charge in [-0.25, -0.2) is 4.98 Å². The zero-order valence-corrected chi connectivity index (χ0v) is 14.8. The number of pyridine rings is 1. The van der Waals surface area contributed by atoms with Crippen molar-refractivity contribution in [1.29, 1.82) is 0 Å². The summed E-state index contributed by atoms with van der Waals surface area (Å²) in [5, 5.41) is -5.51. The minimum Gasteiger partial charge on any atom is -0.244 e. The molecule has 2 rings (SSSR count). The highest BCUT2D eigenvalue weighted by Gasteiger charge is 2.73. The maximum absolute atomic E-state index is 13.9. The topological polar surface area (TPSA) is 12.9 Å². The molecule has 0 saturated carbocycles. The fourth-order valence-corrected chi connectivity index (χ4v) is 3.65. The Morgan fingerprint density at radius 2 is 1.62 bits per heavy atom. The number of hydrogen-bond donors (Lipinski definition) is 0. The van der Waals surface area contributed by atoms with Gasteiger partial charge in [0.1, 0.15) is 5.15 Å². The Morgan fingerprint density at radius 1 is 1.00 bits per heavy atom. The first kappa shape index (κ1) is 20.8. The second-order valence-corrected chi connectivity index (χ2v) is 7.00. The number of aromatic nitrogens is 1. The Morgan fingerprint density at radius 3 is 2.15 bits per heavy atom. The van der Waals surface area contributed by atoms with Gasteiger partial charge in [0.25, 0.3) is 0 Å². The molecule has 0 saturated heterocycles. The van der Waals surface area contributed by atoms with Crippen LogP contribution < -0.4 is 0 Å². The third-order valence-corrected chi connectivity index (χ3v) is 4.79. The van der Waals surface area contributed by atoms with Crippen molar-refractivity contribution in [2.45, 2.75) is 36.1 Å². The van der Waals surface area contributed by atoms with Crippen molar-refractivity contribution in [3.05, 3.63) is 46.7 Å². The van der Waals surface area contributed by atoms with Crippen molar-refractivity contribution in [1.82, 2.24) is 4.98 Å². The molecule has 0 aliphatic rings. The van der Waals surface area contributed by atoms with Gasteiger partial charge < -0.3 is 0 Å². The van der Waals surface area contributed by atoms with E-state index in [0.29, 0.717) is 11.1 Å². The molecule has 10 heteroatoms. The molecular formula is C16H11ClF7NS. The molecule has 2 aromatic rings. The minimum absolute atomic E-state index is 0.0244. The summed E-state index contributed by atoms with van der Waals surface area (Å²) >= 11 is 5.09. The lowest BCUT2D eigenvalue weighted by Crippen LogP contribution is -2.49. The highest BCUT2D eigenvalue weighted by Crippen LogP contribution is 2.55. The number of hydrogen-bond acceptors (Lipinski definition) is 2. The number of thioether (sulfide) groups is 1. The summed E-state index contributed by atoms with van der Waals surface area (Å²) in [6.07, 6.45) is -5.07. The Labute approximate surface area is 153 Å². The van der Waals surface area contributed by atoms with E-state index in [1.807, 2.05) is 0 Å². The summed E-state index contributed by atoms with van der Waals surface area (Å²) < 4.78 is 91.5. The highest BCUT2D eigenvalue weighted by molar-refractivity contribution is 8.00. The third-order valence-electron chi connectivity index (χ3n) is 3.43. The first-order valence-corrected chi connectivity index (χ1v) is 8.21. The monoisotopic (exact) mass is 417 g/mol. The largest absolute Gasteiger partial charge is 0.460 e. The summed E-state index contributed by atoms with van der Waals surface area (Å²) in [6.45, 7) is 3.02. The smallest absolute Gasteiger partial charge is 0.244 e. The molecule has 0 unspecified atom stereocenters. The zero-order chi connectivity index (χ0) is 19.9. The van der Waals surface area contributed by atoms with Crippen LogP contribution in [0.3, 0.4) is 0 Å². The van der Waals surface area contributed by atoms with Gasteiger partial charge in [-0.15, -0.1) is 0 Å². The van der Waals surface area contributed by atoms with Crippen LogP contribution in [0.5, 0.6) is 0 Å². The van der Waals surface area contributed by atoms with Crippen molar-refractivity contribution in [2.75, 3.05) is 0 Å². The van der Waals surface area contributed by atoms with Gasteiger partial charge in [0.15, 0.2) is 0 Å². The molecule has 0 aliphatic heterocycles. The lowest BCUT2D eigenvalue weighted by atomic mass is 10.00. The Balaban J connectivity index is 2.63. The standard InChI is InChI=1S/C16H11ClF7NS/c1-8-6-9(2)12(10-4-3-5-25-13(10)17)11(7-8)26-16(23,24)14(18,19)15(20,21)22/h3-7H,1-2H3. The summed E-state index contributed by atoms with van der Waals surface area (Å²) in [6, 6.07) is 5.54. The minimum atomic E-state index is -6.39. The normalized spacial score (nSPS) is 13.2. The van der Waals surface area contributed by atoms with E-state index in [1.54, 1.807) is 6.07 Å². The van der Waals surface area contributed by atoms with E-state index >= 15 is 0 Å². The Kier molecular flexibility index (Phi) is 5.54. The molecule has 0 fully saturated rings. The Hall–Kier alpha value is -1.48. The highest BCUT2D eigenvalue weighted by atomic mass is 35.5. The van der Waals surface area contributed by atoms with E-state index in [-0.39, 0.29) is 16.3 Å². The quantitative estimate of drug-likeness (QED) is 0.305. The van der Waals surface area contributed by atoms with E-state index < -0.39 is 34.0 Å². The maximum atomic E-state index is 13.9. The molecule has 0 spiro atoms. The number of halogens is 8. The molecule has 1 nitrogen and oxygen atoms in total. The van der Waals surface area contributed by atoms with Crippen molar-refractivity contribution in [3.8, 4) is 11.1 Å². The third kappa shape index (κ3) is 3.78. The molecule has 142 valence electrons. The van der Waals surface area contributed by atoms with Crippen LogP contribution in [-0.2, 0) is 0 Å². The lowest BCUT2D eigenvalue weighted by molar-refractivity contribution is -0.330. The SMILES string of the molecule is Cc1cc(C)c(-c2cccnc2Cl)c(SC(F)(F)C(F)(F)C(F)(F)F)c1. The van der Waals surface area contributed by atoms with Crippen molar-refractivity contribution < 1.29 is 30.7 Å². The molecule has 0 aliphatic carbocycles. The van der Waals surface area contributed by atoms with E-state index in [1.165, 1.54) is 32.2 Å². The van der Waals surface area contributed by atoms with Crippen LogP contribution in [0, 0.1) is 13.8 Å². The fourth-order valence-electron chi connectivity index (χ4n) is 2.29. The summed E-state index contributed by atoms with van der Waals surface area (Å²) in [5.41, 5.74) is 0.977. The summed E-state index contributed by atoms with van der Waals surface area (Å²) in [4.78, 5) is 3.33. The van der Waals surface area contributed by atoms with Gasteiger partial charge in [0, 0.05) is 22.2 Å². The molecule has 1 aromatic heterocycles. The van der Waals surface area contributed by atoms with E-state index in [2.05, 4.69) is 4.98 Å². The number of rotatable bonds is 4. The summed E-state index contributed by atoms with van der Waals surface area (Å²) in [7, 11) is 0. The van der Waals surface area contributed by atoms with E-state index in [0.717, 1.165) is 6.07 Å². The van der Waals surface area contributed by atoms with Crippen LogP contribution in [0.15, 0.2) is 35.4 Å². The van der Waals surface area contributed by atoms with E-state index in [9.17, 15) is 30.7 Å². The second-order valence-electron chi connectivity index (χ2n) is 5.49. The van der Waals surface area contributed by atoms with Crippen LogP contribution >= 0.6 is 23.4 Å². The Bertz CT molecular complexity index is 821. The van der Waals surface area contributed by atoms with Crippen molar-refractivity contribution in [2.24, 2.45) is 0 Å². The maximum Gasteiger partial charge on any atom is 0.460 e. The van der Waals surface area contributed by atoms with Gasteiger partial charge in [-0.05, 0) is 54.9 Å². The van der Waals surface area contributed by atoms with Crippen molar-refractivity contribution in [3.63, 3.8) is 0 Å². The fraction of sp³-hybridized carbons (Fsp3) is 0.312. The average molecular weight is 418 g/mol. The number of benzene rings is 1. The average Bonchev–Trinajstić information content (AvgIpc) is 2.46. The first-order valence-electron chi connectivity index (χ1n) is 7.01. The van der Waals surface area contributed by atoms with Crippen LogP contribution in [0.1, 0.15) is 11.1 Å². The predicted molar refractivity (Wildman–Crippen MR) is 86.0 cm³/mol. The van der Waals surface area contributed by atoms with Gasteiger partial charge in [-0.3, -0.25) is 0 Å². The zero-order valence-electron chi connectivity index (χ0n) is 13.3. The number of alkyl halides is 7. The van der Waals surface area contributed by atoms with Gasteiger partial charge >= 0.3 is 17.4 Å². The van der Waals surface area contributed by atoms with Crippen LogP contribution in [-0.4, -0.2) is 22.3 Å². The van der Waals surface area contributed by atoms with Crippen LogP contribution in [0.4, 0.5) is 30.7 Å². The molecule has 26 heavy (non-hydrogen) atoms. The molecule has 0 amide bonds. The van der Waals surface area contributed by atoms with Crippen LogP contribution in [0.2, 0.25) is 5.15 Å². The number of nitrogens with zero attached hydrogens (tertiary/aromatic N) is 1. The van der Waals surface area contributed by atoms with Crippen LogP contribution in [0.25, 0.3) is 11.1 Å². The second kappa shape index (κ2) is 6.92. The molecule has 0 radical (unpaired) electrons. The molecule has 1 heterocycles. The summed E-state index contributed by atoms with van der Waals surface area (Å²) in [5.74, 6) is -6.21. The van der Waals surface area contributed by atoms with Gasteiger partial charge in [0.2, 0.25) is 0 Å². The van der Waals surface area contributed by atoms with Gasteiger partial charge in [0.05, 0.1) is 0 Å². The van der Waals surface area contributed by atoms with Gasteiger partial charge in [-0.1, -0.05) is 17.7 Å². The van der Waals surface area contributed by atoms with Gasteiger partial charge in [-0.2, -0.15) is 30.7 Å².